The second kappa shape index (κ2) is 4.15. The van der Waals surface area contributed by atoms with E-state index in [0.717, 1.165) is 0 Å². The third kappa shape index (κ3) is 3.28. The fourth-order valence-electron chi connectivity index (χ4n) is 0.745. The molecule has 0 saturated carbocycles. The minimum absolute atomic E-state index is 0.319. The summed E-state index contributed by atoms with van der Waals surface area (Å²) >= 11 is 0. The van der Waals surface area contributed by atoms with Crippen LogP contribution in [0.4, 0.5) is 4.79 Å². The maximum absolute atomic E-state index is 10.9. The number of amides is 2. The van der Waals surface area contributed by atoms with Gasteiger partial charge in [-0.25, -0.2) is 0 Å². The molecule has 0 fully saturated rings. The van der Waals surface area contributed by atoms with Gasteiger partial charge in [0.25, 0.3) is 5.91 Å². The van der Waals surface area contributed by atoms with Gasteiger partial charge < -0.3 is 15.2 Å². The van der Waals surface area contributed by atoms with Crippen molar-refractivity contribution in [2.45, 2.75) is 0 Å². The van der Waals surface area contributed by atoms with Crippen LogP contribution in [0.2, 0.25) is 0 Å². The Balaban J connectivity index is 2.30. The van der Waals surface area contributed by atoms with Crippen LogP contribution in [0.25, 0.3) is 0 Å². The minimum atomic E-state index is -1.47. The largest absolute Gasteiger partial charge is 0.530 e. The van der Waals surface area contributed by atoms with Gasteiger partial charge in [0.2, 0.25) is 0 Å². The van der Waals surface area contributed by atoms with E-state index in [1.165, 1.54) is 4.68 Å². The fourth-order valence-corrected chi connectivity index (χ4v) is 0.745. The summed E-state index contributed by atoms with van der Waals surface area (Å²) < 4.78 is 1.42. The molecule has 13 heavy (non-hydrogen) atoms. The zero-order chi connectivity index (χ0) is 9.68. The highest BCUT2D eigenvalue weighted by Crippen LogP contribution is 1.84. The second-order valence-electron chi connectivity index (χ2n) is 2.27. The third-order valence-corrected chi connectivity index (χ3v) is 1.25. The summed E-state index contributed by atoms with van der Waals surface area (Å²) in [5.41, 5.74) is 2.40. The van der Waals surface area contributed by atoms with E-state index in [-0.39, 0.29) is 6.54 Å². The van der Waals surface area contributed by atoms with Crippen molar-refractivity contribution in [3.05, 3.63) is 24.5 Å². The SMILES string of the molecule is O=C([O-])NCC(=O)Nn1cccc1. The number of carboxylic acid groups (broad SMARTS) is 1. The summed E-state index contributed by atoms with van der Waals surface area (Å²) in [6.45, 7) is -0.319. The second-order valence-corrected chi connectivity index (χ2v) is 2.27. The van der Waals surface area contributed by atoms with Crippen LogP contribution >= 0.6 is 0 Å². The van der Waals surface area contributed by atoms with Crippen molar-refractivity contribution in [3.8, 4) is 0 Å². The molecule has 1 heterocycles. The maximum Gasteiger partial charge on any atom is 0.258 e. The van der Waals surface area contributed by atoms with Gasteiger partial charge >= 0.3 is 0 Å². The summed E-state index contributed by atoms with van der Waals surface area (Å²) in [6.07, 6.45) is 1.77. The number of nitrogens with zero attached hydrogens (tertiary/aromatic N) is 1. The van der Waals surface area contributed by atoms with Gasteiger partial charge in [0.05, 0.1) is 6.54 Å². The Morgan fingerprint density at radius 3 is 2.46 bits per heavy atom. The number of hydrogen-bond acceptors (Lipinski definition) is 3. The molecule has 2 N–H and O–H groups in total. The van der Waals surface area contributed by atoms with E-state index in [1.807, 2.05) is 5.32 Å². The van der Waals surface area contributed by atoms with Crippen LogP contribution < -0.4 is 15.8 Å². The van der Waals surface area contributed by atoms with Crippen molar-refractivity contribution in [1.82, 2.24) is 9.99 Å². The molecule has 0 aliphatic rings. The highest BCUT2D eigenvalue weighted by atomic mass is 16.4. The molecule has 6 nitrogen and oxygen atoms in total. The van der Waals surface area contributed by atoms with E-state index < -0.39 is 12.0 Å². The molecule has 2 amide bonds. The van der Waals surface area contributed by atoms with Crippen molar-refractivity contribution in [2.24, 2.45) is 0 Å². The van der Waals surface area contributed by atoms with Gasteiger partial charge in [-0.15, -0.1) is 0 Å². The highest BCUT2D eigenvalue weighted by molar-refractivity contribution is 5.87. The molecular formula is C7H8N3O3-. The maximum atomic E-state index is 10.9. The predicted octanol–water partition coefficient (Wildman–Crippen LogP) is -1.51. The zero-order valence-corrected chi connectivity index (χ0v) is 6.69. The lowest BCUT2D eigenvalue weighted by Crippen LogP contribution is -2.42. The van der Waals surface area contributed by atoms with Crippen molar-refractivity contribution in [3.63, 3.8) is 0 Å². The Morgan fingerprint density at radius 1 is 1.31 bits per heavy atom. The molecule has 0 aliphatic carbocycles. The summed E-state index contributed by atoms with van der Waals surface area (Å²) in [7, 11) is 0. The van der Waals surface area contributed by atoms with Crippen LogP contribution in [0.5, 0.6) is 0 Å². The fraction of sp³-hybridized carbons (Fsp3) is 0.143. The normalized spacial score (nSPS) is 9.23. The van der Waals surface area contributed by atoms with E-state index in [2.05, 4.69) is 5.43 Å². The van der Waals surface area contributed by atoms with Gasteiger partial charge in [0.15, 0.2) is 0 Å². The first-order valence-electron chi connectivity index (χ1n) is 3.56. The quantitative estimate of drug-likeness (QED) is 0.596. The van der Waals surface area contributed by atoms with E-state index in [1.54, 1.807) is 24.5 Å². The van der Waals surface area contributed by atoms with Crippen molar-refractivity contribution in [1.29, 1.82) is 0 Å². The lowest BCUT2D eigenvalue weighted by molar-refractivity contribution is -0.250. The number of hydrogen-bond donors (Lipinski definition) is 2. The monoisotopic (exact) mass is 182 g/mol. The smallest absolute Gasteiger partial charge is 0.258 e. The van der Waals surface area contributed by atoms with Crippen LogP contribution in [-0.2, 0) is 4.79 Å². The molecule has 1 aromatic rings. The Kier molecular flexibility index (Phi) is 2.91. The van der Waals surface area contributed by atoms with Crippen LogP contribution in [-0.4, -0.2) is 23.2 Å². The van der Waals surface area contributed by atoms with Crippen molar-refractivity contribution >= 4 is 12.0 Å². The molecule has 0 aromatic carbocycles. The lowest BCUT2D eigenvalue weighted by atomic mass is 10.6. The molecule has 70 valence electrons. The van der Waals surface area contributed by atoms with Gasteiger partial charge in [-0.1, -0.05) is 0 Å². The number of rotatable bonds is 3. The molecule has 0 bridgehead atoms. The predicted molar refractivity (Wildman–Crippen MR) is 42.2 cm³/mol. The van der Waals surface area contributed by atoms with E-state index >= 15 is 0 Å². The zero-order valence-electron chi connectivity index (χ0n) is 6.69. The number of carbonyl (C=O) groups excluding carboxylic acids is 2. The summed E-state index contributed by atoms with van der Waals surface area (Å²) in [4.78, 5) is 20.8. The van der Waals surface area contributed by atoms with Gasteiger partial charge in [0, 0.05) is 12.4 Å². The first-order valence-corrected chi connectivity index (χ1v) is 3.56. The number of nitrogens with one attached hydrogen (secondary N) is 2. The van der Waals surface area contributed by atoms with Gasteiger partial charge in [-0.05, 0) is 12.1 Å². The van der Waals surface area contributed by atoms with Gasteiger partial charge in [-0.3, -0.25) is 14.9 Å². The average Bonchev–Trinajstić information content (AvgIpc) is 2.53. The molecule has 0 aliphatic heterocycles. The van der Waals surface area contributed by atoms with Gasteiger partial charge in [0.1, 0.15) is 6.09 Å². The summed E-state index contributed by atoms with van der Waals surface area (Å²) in [5.74, 6) is -0.458. The Morgan fingerprint density at radius 2 is 1.92 bits per heavy atom. The van der Waals surface area contributed by atoms with E-state index in [0.29, 0.717) is 0 Å². The Hall–Kier alpha value is -1.98. The molecular weight excluding hydrogens is 174 g/mol. The molecule has 0 saturated heterocycles. The van der Waals surface area contributed by atoms with Crippen molar-refractivity contribution in [2.75, 3.05) is 12.0 Å². The molecule has 1 aromatic heterocycles. The number of aromatic nitrogens is 1. The molecule has 0 unspecified atom stereocenters. The summed E-state index contributed by atoms with van der Waals surface area (Å²) in [6, 6.07) is 3.46. The topological polar surface area (TPSA) is 86.2 Å². The standard InChI is InChI=1S/C7H9N3O3/c11-6(5-8-7(12)13)9-10-3-1-2-4-10/h1-4,8H,5H2,(H,9,11)(H,12,13)/p-1. The van der Waals surface area contributed by atoms with Crippen LogP contribution in [0.1, 0.15) is 0 Å². The van der Waals surface area contributed by atoms with Crippen LogP contribution in [0, 0.1) is 0 Å². The van der Waals surface area contributed by atoms with E-state index in [4.69, 9.17) is 0 Å². The van der Waals surface area contributed by atoms with Crippen LogP contribution in [0.3, 0.4) is 0 Å². The Labute approximate surface area is 74.1 Å². The molecule has 1 rings (SSSR count). The Bertz CT molecular complexity index is 294. The van der Waals surface area contributed by atoms with Crippen LogP contribution in [0.15, 0.2) is 24.5 Å². The molecule has 0 atom stereocenters. The van der Waals surface area contributed by atoms with Gasteiger partial charge in [-0.2, -0.15) is 0 Å². The number of carbonyl (C=O) groups is 2. The molecule has 0 spiro atoms. The van der Waals surface area contributed by atoms with E-state index in [9.17, 15) is 14.7 Å². The van der Waals surface area contributed by atoms with Crippen molar-refractivity contribution < 1.29 is 14.7 Å². The first-order chi connectivity index (χ1) is 6.18. The summed E-state index contributed by atoms with van der Waals surface area (Å²) in [5, 5.41) is 11.7. The molecule has 6 heteroatoms. The molecule has 0 radical (unpaired) electrons. The first kappa shape index (κ1) is 9.11. The highest BCUT2D eigenvalue weighted by Gasteiger charge is 1.98. The minimum Gasteiger partial charge on any atom is -0.530 e. The average molecular weight is 182 g/mol. The lowest BCUT2D eigenvalue weighted by Gasteiger charge is -2.07. The third-order valence-electron chi connectivity index (χ3n) is 1.25.